The van der Waals surface area contributed by atoms with Crippen LogP contribution in [0, 0.1) is 0 Å². The molecule has 0 bridgehead atoms. The molecule has 3 rings (SSSR count). The van der Waals surface area contributed by atoms with Gasteiger partial charge in [0.25, 0.3) is 0 Å². The molecule has 0 radical (unpaired) electrons. The first kappa shape index (κ1) is 12.7. The molecule has 20 heavy (non-hydrogen) atoms. The maximum atomic E-state index is 9.01. The van der Waals surface area contributed by atoms with Gasteiger partial charge in [0.05, 0.1) is 5.69 Å². The number of aliphatic hydroxyl groups excluding tert-OH is 1. The number of aliphatic hydroxyl groups is 1. The van der Waals surface area contributed by atoms with Crippen LogP contribution in [0.1, 0.15) is 11.3 Å². The van der Waals surface area contributed by atoms with Gasteiger partial charge in [-0.2, -0.15) is 0 Å². The average molecular weight is 269 g/mol. The SMILES string of the molecule is OCCc1noc2ccc(OCc3ccccc3)cc12. The van der Waals surface area contributed by atoms with Crippen molar-refractivity contribution in [1.29, 1.82) is 0 Å². The Morgan fingerprint density at radius 3 is 2.75 bits per heavy atom. The minimum absolute atomic E-state index is 0.0523. The Morgan fingerprint density at radius 1 is 1.10 bits per heavy atom. The number of hydrogen-bond donors (Lipinski definition) is 1. The van der Waals surface area contributed by atoms with Crippen molar-refractivity contribution >= 4 is 11.0 Å². The van der Waals surface area contributed by atoms with Crippen LogP contribution in [0.5, 0.6) is 5.75 Å². The quantitative estimate of drug-likeness (QED) is 0.773. The summed E-state index contributed by atoms with van der Waals surface area (Å²) >= 11 is 0. The molecular formula is C16H15NO3. The molecule has 0 saturated heterocycles. The summed E-state index contributed by atoms with van der Waals surface area (Å²) in [5.74, 6) is 0.767. The van der Waals surface area contributed by atoms with Crippen LogP contribution in [-0.2, 0) is 13.0 Å². The lowest BCUT2D eigenvalue weighted by atomic mass is 10.1. The predicted molar refractivity (Wildman–Crippen MR) is 75.6 cm³/mol. The minimum atomic E-state index is 0.0523. The van der Waals surface area contributed by atoms with Crippen molar-refractivity contribution in [3.8, 4) is 5.75 Å². The van der Waals surface area contributed by atoms with Crippen LogP contribution < -0.4 is 4.74 Å². The van der Waals surface area contributed by atoms with Crippen molar-refractivity contribution < 1.29 is 14.4 Å². The summed E-state index contributed by atoms with van der Waals surface area (Å²) in [6, 6.07) is 15.6. The third kappa shape index (κ3) is 2.65. The summed E-state index contributed by atoms with van der Waals surface area (Å²) < 4.78 is 11.0. The highest BCUT2D eigenvalue weighted by molar-refractivity contribution is 5.81. The summed E-state index contributed by atoms with van der Waals surface area (Å²) in [7, 11) is 0. The van der Waals surface area contributed by atoms with Crippen LogP contribution in [0.25, 0.3) is 11.0 Å². The average Bonchev–Trinajstić information content (AvgIpc) is 2.89. The van der Waals surface area contributed by atoms with Crippen LogP contribution in [-0.4, -0.2) is 16.9 Å². The number of rotatable bonds is 5. The lowest BCUT2D eigenvalue weighted by molar-refractivity contribution is 0.295. The lowest BCUT2D eigenvalue weighted by Gasteiger charge is -2.06. The Labute approximate surface area is 116 Å². The van der Waals surface area contributed by atoms with Crippen LogP contribution >= 0.6 is 0 Å². The smallest absolute Gasteiger partial charge is 0.167 e. The van der Waals surface area contributed by atoms with Gasteiger partial charge in [-0.1, -0.05) is 35.5 Å². The topological polar surface area (TPSA) is 55.5 Å². The van der Waals surface area contributed by atoms with Gasteiger partial charge in [-0.15, -0.1) is 0 Å². The van der Waals surface area contributed by atoms with Gasteiger partial charge in [0.2, 0.25) is 0 Å². The summed E-state index contributed by atoms with van der Waals surface area (Å²) in [4.78, 5) is 0. The highest BCUT2D eigenvalue weighted by Gasteiger charge is 2.09. The van der Waals surface area contributed by atoms with Gasteiger partial charge in [-0.3, -0.25) is 0 Å². The van der Waals surface area contributed by atoms with Crippen molar-refractivity contribution in [2.45, 2.75) is 13.0 Å². The zero-order valence-electron chi connectivity index (χ0n) is 11.0. The predicted octanol–water partition coefficient (Wildman–Crippen LogP) is 2.94. The van der Waals surface area contributed by atoms with E-state index in [0.717, 1.165) is 22.4 Å². The number of nitrogens with zero attached hydrogens (tertiary/aromatic N) is 1. The maximum absolute atomic E-state index is 9.01. The van der Waals surface area contributed by atoms with E-state index in [1.807, 2.05) is 48.5 Å². The summed E-state index contributed by atoms with van der Waals surface area (Å²) in [5, 5.41) is 13.9. The number of aromatic nitrogens is 1. The second-order valence-corrected chi connectivity index (χ2v) is 4.54. The van der Waals surface area contributed by atoms with Crippen LogP contribution in [0.3, 0.4) is 0 Å². The van der Waals surface area contributed by atoms with Crippen LogP contribution in [0.4, 0.5) is 0 Å². The highest BCUT2D eigenvalue weighted by atomic mass is 16.5. The fourth-order valence-electron chi connectivity index (χ4n) is 2.08. The molecule has 0 fully saturated rings. The Hall–Kier alpha value is -2.33. The summed E-state index contributed by atoms with van der Waals surface area (Å²) in [6.07, 6.45) is 0.481. The first-order valence-corrected chi connectivity index (χ1v) is 6.53. The van der Waals surface area contributed by atoms with Crippen molar-refractivity contribution in [1.82, 2.24) is 5.16 Å². The van der Waals surface area contributed by atoms with Crippen molar-refractivity contribution in [2.24, 2.45) is 0 Å². The number of hydrogen-bond acceptors (Lipinski definition) is 4. The maximum Gasteiger partial charge on any atom is 0.167 e. The molecule has 0 unspecified atom stereocenters. The number of ether oxygens (including phenoxy) is 1. The van der Waals surface area contributed by atoms with Crippen molar-refractivity contribution in [2.75, 3.05) is 6.61 Å². The van der Waals surface area contributed by atoms with Crippen molar-refractivity contribution in [3.05, 3.63) is 59.8 Å². The molecule has 4 nitrogen and oxygen atoms in total. The Morgan fingerprint density at radius 2 is 1.95 bits per heavy atom. The molecule has 0 spiro atoms. The van der Waals surface area contributed by atoms with Crippen LogP contribution in [0.15, 0.2) is 53.1 Å². The van der Waals surface area contributed by atoms with E-state index >= 15 is 0 Å². The second-order valence-electron chi connectivity index (χ2n) is 4.54. The van der Waals surface area contributed by atoms with Gasteiger partial charge in [-0.05, 0) is 23.8 Å². The molecule has 102 valence electrons. The molecule has 0 aliphatic heterocycles. The molecule has 1 heterocycles. The first-order chi connectivity index (χ1) is 9.86. The molecule has 3 aromatic rings. The molecular weight excluding hydrogens is 254 g/mol. The van der Waals surface area contributed by atoms with Gasteiger partial charge in [0.1, 0.15) is 12.4 Å². The third-order valence-electron chi connectivity index (χ3n) is 3.11. The molecule has 1 aromatic heterocycles. The molecule has 0 aliphatic rings. The van der Waals surface area contributed by atoms with Gasteiger partial charge in [0, 0.05) is 18.4 Å². The summed E-state index contributed by atoms with van der Waals surface area (Å²) in [6.45, 7) is 0.573. The molecule has 4 heteroatoms. The number of fused-ring (bicyclic) bond motifs is 1. The third-order valence-corrected chi connectivity index (χ3v) is 3.11. The molecule has 2 aromatic carbocycles. The zero-order chi connectivity index (χ0) is 13.8. The summed E-state index contributed by atoms with van der Waals surface area (Å²) in [5.41, 5.74) is 2.58. The van der Waals surface area contributed by atoms with Gasteiger partial charge in [0.15, 0.2) is 5.58 Å². The van der Waals surface area contributed by atoms with E-state index in [2.05, 4.69) is 5.16 Å². The Balaban J connectivity index is 1.79. The van der Waals surface area contributed by atoms with E-state index in [9.17, 15) is 0 Å². The largest absolute Gasteiger partial charge is 0.489 e. The normalized spacial score (nSPS) is 10.8. The fraction of sp³-hybridized carbons (Fsp3) is 0.188. The van der Waals surface area contributed by atoms with Gasteiger partial charge in [-0.25, -0.2) is 0 Å². The standard InChI is InChI=1S/C16H15NO3/c18-9-8-15-14-10-13(6-7-16(14)20-17-15)19-11-12-4-2-1-3-5-12/h1-7,10,18H,8-9,11H2. The first-order valence-electron chi connectivity index (χ1n) is 6.53. The number of benzene rings is 2. The Bertz CT molecular complexity index is 691. The molecule has 0 atom stereocenters. The van der Waals surface area contributed by atoms with Crippen LogP contribution in [0.2, 0.25) is 0 Å². The molecule has 0 amide bonds. The van der Waals surface area contributed by atoms with E-state index in [-0.39, 0.29) is 6.61 Å². The lowest BCUT2D eigenvalue weighted by Crippen LogP contribution is -1.95. The van der Waals surface area contributed by atoms with E-state index in [1.54, 1.807) is 0 Å². The zero-order valence-corrected chi connectivity index (χ0v) is 11.0. The molecule has 0 saturated carbocycles. The molecule has 1 N–H and O–H groups in total. The highest BCUT2D eigenvalue weighted by Crippen LogP contribution is 2.24. The van der Waals surface area contributed by atoms with E-state index in [4.69, 9.17) is 14.4 Å². The van der Waals surface area contributed by atoms with E-state index in [0.29, 0.717) is 18.6 Å². The van der Waals surface area contributed by atoms with Crippen molar-refractivity contribution in [3.63, 3.8) is 0 Å². The monoisotopic (exact) mass is 269 g/mol. The Kier molecular flexibility index (Phi) is 3.65. The fourth-order valence-corrected chi connectivity index (χ4v) is 2.08. The second kappa shape index (κ2) is 5.75. The molecule has 0 aliphatic carbocycles. The van der Waals surface area contributed by atoms with E-state index in [1.165, 1.54) is 0 Å². The minimum Gasteiger partial charge on any atom is -0.489 e. The van der Waals surface area contributed by atoms with Gasteiger partial charge >= 0.3 is 0 Å². The van der Waals surface area contributed by atoms with E-state index < -0.39 is 0 Å². The van der Waals surface area contributed by atoms with Gasteiger partial charge < -0.3 is 14.4 Å².